The molecule has 9 heteroatoms. The number of nitrogens with one attached hydrogen (secondary N) is 1. The van der Waals surface area contributed by atoms with E-state index in [0.29, 0.717) is 22.9 Å². The number of sulfone groups is 1. The number of hydrogen-bond acceptors (Lipinski definition) is 6. The van der Waals surface area contributed by atoms with Crippen molar-refractivity contribution in [3.05, 3.63) is 71.8 Å². The van der Waals surface area contributed by atoms with E-state index in [1.54, 1.807) is 55.4 Å². The van der Waals surface area contributed by atoms with Crippen LogP contribution in [0.3, 0.4) is 0 Å². The molecular formula is C21H23N3O5S. The molecular weight excluding hydrogens is 406 g/mol. The minimum atomic E-state index is -3.44. The Labute approximate surface area is 175 Å². The highest BCUT2D eigenvalue weighted by Gasteiger charge is 2.23. The number of imidazole rings is 1. The van der Waals surface area contributed by atoms with Crippen LogP contribution in [0.4, 0.5) is 0 Å². The van der Waals surface area contributed by atoms with Crippen molar-refractivity contribution in [2.24, 2.45) is 7.05 Å². The van der Waals surface area contributed by atoms with E-state index in [1.807, 2.05) is 7.05 Å². The van der Waals surface area contributed by atoms with Crippen LogP contribution in [0.5, 0.6) is 11.5 Å². The van der Waals surface area contributed by atoms with Gasteiger partial charge >= 0.3 is 0 Å². The van der Waals surface area contributed by atoms with Crippen molar-refractivity contribution in [2.75, 3.05) is 20.5 Å². The van der Waals surface area contributed by atoms with Gasteiger partial charge in [-0.3, -0.25) is 4.79 Å². The summed E-state index contributed by atoms with van der Waals surface area (Å²) in [5.41, 5.74) is 0.931. The minimum absolute atomic E-state index is 0.0757. The fourth-order valence-electron chi connectivity index (χ4n) is 3.03. The first kappa shape index (κ1) is 21.4. The number of aromatic nitrogens is 2. The van der Waals surface area contributed by atoms with Gasteiger partial charge in [0, 0.05) is 37.3 Å². The Kier molecular flexibility index (Phi) is 6.12. The van der Waals surface area contributed by atoms with E-state index in [1.165, 1.54) is 18.2 Å². The summed E-state index contributed by atoms with van der Waals surface area (Å²) in [5, 5.41) is 2.95. The van der Waals surface area contributed by atoms with Gasteiger partial charge in [0.15, 0.2) is 9.84 Å². The summed E-state index contributed by atoms with van der Waals surface area (Å²) < 4.78 is 36.2. The number of amides is 1. The van der Waals surface area contributed by atoms with Crippen LogP contribution >= 0.6 is 0 Å². The lowest BCUT2D eigenvalue weighted by molar-refractivity contribution is 0.0940. The molecule has 0 aliphatic rings. The van der Waals surface area contributed by atoms with Gasteiger partial charge in [-0.2, -0.15) is 0 Å². The van der Waals surface area contributed by atoms with Crippen LogP contribution in [-0.4, -0.2) is 44.4 Å². The number of aryl methyl sites for hydroxylation is 1. The van der Waals surface area contributed by atoms with Gasteiger partial charge < -0.3 is 19.4 Å². The molecule has 0 saturated heterocycles. The predicted octanol–water partition coefficient (Wildman–Crippen LogP) is 2.36. The van der Waals surface area contributed by atoms with Crippen molar-refractivity contribution in [3.63, 3.8) is 0 Å². The normalized spacial score (nSPS) is 12.3. The molecule has 1 aromatic heterocycles. The Balaban J connectivity index is 2.03. The Bertz CT molecular complexity index is 1150. The number of methoxy groups -OCH3 is 2. The fraction of sp³-hybridized carbons (Fsp3) is 0.238. The maximum atomic E-state index is 13.0. The molecule has 0 radical (unpaired) electrons. The Hall–Kier alpha value is -3.33. The number of hydrogen-bond donors (Lipinski definition) is 1. The van der Waals surface area contributed by atoms with Gasteiger partial charge in [-0.25, -0.2) is 13.4 Å². The van der Waals surface area contributed by atoms with E-state index in [-0.39, 0.29) is 10.5 Å². The van der Waals surface area contributed by atoms with Gasteiger partial charge in [-0.15, -0.1) is 0 Å². The Morgan fingerprint density at radius 3 is 2.30 bits per heavy atom. The van der Waals surface area contributed by atoms with Crippen LogP contribution in [0, 0.1) is 0 Å². The summed E-state index contributed by atoms with van der Waals surface area (Å²) in [6, 6.07) is 10.6. The SMILES string of the molecule is COc1cc(OC)cc(C(NC(=O)c2cccc(S(C)(=O)=O)c2)c2nccn2C)c1. The molecule has 8 nitrogen and oxygen atoms in total. The molecule has 2 aromatic carbocycles. The second-order valence-electron chi connectivity index (χ2n) is 6.75. The number of rotatable bonds is 7. The van der Waals surface area contributed by atoms with E-state index < -0.39 is 21.8 Å². The lowest BCUT2D eigenvalue weighted by Crippen LogP contribution is -2.31. The van der Waals surface area contributed by atoms with Gasteiger partial charge in [0.05, 0.1) is 19.1 Å². The zero-order valence-electron chi connectivity index (χ0n) is 17.1. The highest BCUT2D eigenvalue weighted by atomic mass is 32.2. The third-order valence-corrected chi connectivity index (χ3v) is 5.73. The van der Waals surface area contributed by atoms with Gasteiger partial charge in [-0.05, 0) is 35.9 Å². The Morgan fingerprint density at radius 2 is 1.77 bits per heavy atom. The topological polar surface area (TPSA) is 99.5 Å². The second-order valence-corrected chi connectivity index (χ2v) is 8.76. The molecule has 0 spiro atoms. The monoisotopic (exact) mass is 429 g/mol. The van der Waals surface area contributed by atoms with Crippen molar-refractivity contribution < 1.29 is 22.7 Å². The van der Waals surface area contributed by atoms with Crippen molar-refractivity contribution in [1.29, 1.82) is 0 Å². The first-order valence-electron chi connectivity index (χ1n) is 9.04. The summed E-state index contributed by atoms with van der Waals surface area (Å²) in [6.45, 7) is 0. The summed E-state index contributed by atoms with van der Waals surface area (Å²) in [7, 11) is 1.48. The average Bonchev–Trinajstić information content (AvgIpc) is 3.16. The molecule has 1 heterocycles. The van der Waals surface area contributed by atoms with Crippen LogP contribution in [0.15, 0.2) is 59.8 Å². The Morgan fingerprint density at radius 1 is 1.10 bits per heavy atom. The van der Waals surface area contributed by atoms with Crippen LogP contribution in [-0.2, 0) is 16.9 Å². The highest BCUT2D eigenvalue weighted by Crippen LogP contribution is 2.29. The number of benzene rings is 2. The number of carbonyl (C=O) groups is 1. The van der Waals surface area contributed by atoms with Crippen LogP contribution < -0.4 is 14.8 Å². The fourth-order valence-corrected chi connectivity index (χ4v) is 3.70. The highest BCUT2D eigenvalue weighted by molar-refractivity contribution is 7.90. The lowest BCUT2D eigenvalue weighted by Gasteiger charge is -2.20. The first-order chi connectivity index (χ1) is 14.2. The van der Waals surface area contributed by atoms with Crippen LogP contribution in [0.2, 0.25) is 0 Å². The number of ether oxygens (including phenoxy) is 2. The summed E-state index contributed by atoms with van der Waals surface area (Å²) in [5.74, 6) is 1.29. The van der Waals surface area contributed by atoms with Gasteiger partial charge in [0.1, 0.15) is 23.4 Å². The summed E-state index contributed by atoms with van der Waals surface area (Å²) >= 11 is 0. The molecule has 1 atom stereocenters. The van der Waals surface area contributed by atoms with Crippen LogP contribution in [0.25, 0.3) is 0 Å². The average molecular weight is 429 g/mol. The predicted molar refractivity (Wildman–Crippen MR) is 112 cm³/mol. The van der Waals surface area contributed by atoms with E-state index >= 15 is 0 Å². The van der Waals surface area contributed by atoms with Crippen LogP contribution in [0.1, 0.15) is 27.8 Å². The zero-order chi connectivity index (χ0) is 21.9. The summed E-state index contributed by atoms with van der Waals surface area (Å²) in [4.78, 5) is 17.5. The molecule has 3 aromatic rings. The van der Waals surface area contributed by atoms with E-state index in [9.17, 15) is 13.2 Å². The van der Waals surface area contributed by atoms with Gasteiger partial charge in [-0.1, -0.05) is 6.07 Å². The van der Waals surface area contributed by atoms with Crippen molar-refractivity contribution in [1.82, 2.24) is 14.9 Å². The molecule has 0 aliphatic carbocycles. The van der Waals surface area contributed by atoms with E-state index in [4.69, 9.17) is 9.47 Å². The number of nitrogens with zero attached hydrogens (tertiary/aromatic N) is 2. The zero-order valence-corrected chi connectivity index (χ0v) is 17.9. The molecule has 30 heavy (non-hydrogen) atoms. The minimum Gasteiger partial charge on any atom is -0.497 e. The second kappa shape index (κ2) is 8.58. The molecule has 158 valence electrons. The van der Waals surface area contributed by atoms with E-state index in [2.05, 4.69) is 10.3 Å². The molecule has 0 saturated carbocycles. The first-order valence-corrected chi connectivity index (χ1v) is 10.9. The lowest BCUT2D eigenvalue weighted by atomic mass is 10.0. The maximum Gasteiger partial charge on any atom is 0.252 e. The largest absolute Gasteiger partial charge is 0.497 e. The molecule has 0 bridgehead atoms. The third-order valence-electron chi connectivity index (χ3n) is 4.62. The summed E-state index contributed by atoms with van der Waals surface area (Å²) in [6.07, 6.45) is 4.51. The smallest absolute Gasteiger partial charge is 0.252 e. The molecule has 3 rings (SSSR count). The molecule has 1 unspecified atom stereocenters. The van der Waals surface area contributed by atoms with Crippen molar-refractivity contribution in [2.45, 2.75) is 10.9 Å². The number of carbonyl (C=O) groups excluding carboxylic acids is 1. The third kappa shape index (κ3) is 4.62. The van der Waals surface area contributed by atoms with Crippen molar-refractivity contribution >= 4 is 15.7 Å². The standard InChI is InChI=1S/C21H23N3O5S/c1-24-9-8-22-20(24)19(15-10-16(28-2)13-17(11-15)29-3)23-21(25)14-6-5-7-18(12-14)30(4,26)27/h5-13,19H,1-4H3,(H,23,25). The molecule has 0 aliphatic heterocycles. The van der Waals surface area contributed by atoms with Gasteiger partial charge in [0.2, 0.25) is 0 Å². The maximum absolute atomic E-state index is 13.0. The van der Waals surface area contributed by atoms with E-state index in [0.717, 1.165) is 6.26 Å². The quantitative estimate of drug-likeness (QED) is 0.619. The molecule has 1 N–H and O–H groups in total. The molecule has 1 amide bonds. The van der Waals surface area contributed by atoms with Gasteiger partial charge in [0.25, 0.3) is 5.91 Å². The van der Waals surface area contributed by atoms with Crippen molar-refractivity contribution in [3.8, 4) is 11.5 Å². The molecule has 0 fully saturated rings.